The van der Waals surface area contributed by atoms with Crippen LogP contribution in [0.15, 0.2) is 30.3 Å². The Labute approximate surface area is 118 Å². The summed E-state index contributed by atoms with van der Waals surface area (Å²) in [6.45, 7) is 6.22. The predicted molar refractivity (Wildman–Crippen MR) is 74.1 cm³/mol. The van der Waals surface area contributed by atoms with Gasteiger partial charge in [0, 0.05) is 13.1 Å². The van der Waals surface area contributed by atoms with Crippen molar-refractivity contribution in [3.05, 3.63) is 41.7 Å². The van der Waals surface area contributed by atoms with E-state index in [4.69, 9.17) is 4.74 Å². The third-order valence-electron chi connectivity index (χ3n) is 3.47. The Balaban J connectivity index is 1.67. The summed E-state index contributed by atoms with van der Waals surface area (Å²) in [5.41, 5.74) is 1.20. The molecule has 1 atom stereocenters. The second-order valence-electron chi connectivity index (χ2n) is 5.15. The molecule has 106 valence electrons. The molecule has 0 spiro atoms. The highest BCUT2D eigenvalue weighted by molar-refractivity contribution is 5.14. The number of rotatable bonds is 4. The maximum atomic E-state index is 5.55. The van der Waals surface area contributed by atoms with E-state index in [0.29, 0.717) is 6.54 Å². The van der Waals surface area contributed by atoms with Crippen molar-refractivity contribution in [3.63, 3.8) is 0 Å². The summed E-state index contributed by atoms with van der Waals surface area (Å²) < 4.78 is 7.42. The summed E-state index contributed by atoms with van der Waals surface area (Å²) in [6, 6.07) is 10.2. The third-order valence-corrected chi connectivity index (χ3v) is 3.47. The van der Waals surface area contributed by atoms with Crippen LogP contribution in [0.25, 0.3) is 0 Å². The maximum absolute atomic E-state index is 5.55. The summed E-state index contributed by atoms with van der Waals surface area (Å²) >= 11 is 0. The van der Waals surface area contributed by atoms with Gasteiger partial charge >= 0.3 is 0 Å². The molecule has 3 rings (SSSR count). The lowest BCUT2D eigenvalue weighted by molar-refractivity contribution is -0.0223. The van der Waals surface area contributed by atoms with Gasteiger partial charge < -0.3 is 4.74 Å². The molecule has 0 amide bonds. The molecule has 1 aliphatic rings. The van der Waals surface area contributed by atoms with Gasteiger partial charge in [-0.25, -0.2) is 4.68 Å². The van der Waals surface area contributed by atoms with Crippen LogP contribution >= 0.6 is 0 Å². The Bertz CT molecular complexity index is 542. The molecule has 0 unspecified atom stereocenters. The van der Waals surface area contributed by atoms with Crippen LogP contribution in [0.5, 0.6) is 0 Å². The summed E-state index contributed by atoms with van der Waals surface area (Å²) in [7, 11) is 0. The van der Waals surface area contributed by atoms with Gasteiger partial charge in [0.05, 0.1) is 25.8 Å². The Morgan fingerprint density at radius 3 is 2.90 bits per heavy atom. The minimum atomic E-state index is 0.280. The van der Waals surface area contributed by atoms with E-state index in [1.54, 1.807) is 0 Å². The molecule has 2 aromatic rings. The fourth-order valence-electron chi connectivity index (χ4n) is 2.45. The van der Waals surface area contributed by atoms with Crippen LogP contribution in [-0.2, 0) is 17.8 Å². The topological polar surface area (TPSA) is 56.1 Å². The maximum Gasteiger partial charge on any atom is 0.165 e. The van der Waals surface area contributed by atoms with E-state index in [9.17, 15) is 0 Å². The van der Waals surface area contributed by atoms with Crippen molar-refractivity contribution in [2.24, 2.45) is 0 Å². The first kappa shape index (κ1) is 13.2. The Hall–Kier alpha value is -1.79. The third kappa shape index (κ3) is 3.20. The molecule has 0 bridgehead atoms. The normalized spacial score (nSPS) is 20.1. The lowest BCUT2D eigenvalue weighted by atomic mass is 10.2. The molecule has 1 fully saturated rings. The molecule has 0 aliphatic carbocycles. The highest BCUT2D eigenvalue weighted by atomic mass is 16.5. The minimum Gasteiger partial charge on any atom is -0.376 e. The van der Waals surface area contributed by atoms with Gasteiger partial charge in [0.1, 0.15) is 0 Å². The lowest BCUT2D eigenvalue weighted by Crippen LogP contribution is -2.41. The molecule has 0 N–H and O–H groups in total. The summed E-state index contributed by atoms with van der Waals surface area (Å²) in [5, 5.41) is 12.1. The molecule has 0 radical (unpaired) electrons. The van der Waals surface area contributed by atoms with Crippen LogP contribution in [0.1, 0.15) is 18.3 Å². The number of hydrogen-bond donors (Lipinski definition) is 0. The quantitative estimate of drug-likeness (QED) is 0.830. The Morgan fingerprint density at radius 1 is 1.25 bits per heavy atom. The molecule has 0 saturated carbocycles. The monoisotopic (exact) mass is 273 g/mol. The van der Waals surface area contributed by atoms with Crippen molar-refractivity contribution < 1.29 is 4.74 Å². The van der Waals surface area contributed by atoms with Crippen molar-refractivity contribution in [2.45, 2.75) is 26.1 Å². The first-order valence-electron chi connectivity index (χ1n) is 6.94. The number of tetrazole rings is 1. The number of morpholine rings is 1. The Kier molecular flexibility index (Phi) is 4.03. The van der Waals surface area contributed by atoms with E-state index in [0.717, 1.165) is 32.1 Å². The van der Waals surface area contributed by atoms with Gasteiger partial charge in [-0.2, -0.15) is 0 Å². The van der Waals surface area contributed by atoms with Crippen molar-refractivity contribution in [1.29, 1.82) is 0 Å². The second-order valence-corrected chi connectivity index (χ2v) is 5.15. The van der Waals surface area contributed by atoms with Gasteiger partial charge in [0.15, 0.2) is 5.82 Å². The largest absolute Gasteiger partial charge is 0.376 e. The van der Waals surface area contributed by atoms with Gasteiger partial charge in [-0.15, -0.1) is 5.10 Å². The molecule has 1 aromatic carbocycles. The number of hydrogen-bond acceptors (Lipinski definition) is 5. The SMILES string of the molecule is C[C@@H]1CN(Cc2nnnn2Cc2ccccc2)CCO1. The fourth-order valence-corrected chi connectivity index (χ4v) is 2.45. The average Bonchev–Trinajstić information content (AvgIpc) is 2.87. The van der Waals surface area contributed by atoms with Crippen LogP contribution in [0.2, 0.25) is 0 Å². The van der Waals surface area contributed by atoms with Gasteiger partial charge in [0.25, 0.3) is 0 Å². The number of benzene rings is 1. The van der Waals surface area contributed by atoms with Crippen LogP contribution in [0.4, 0.5) is 0 Å². The van der Waals surface area contributed by atoms with Crippen LogP contribution in [-0.4, -0.2) is 50.9 Å². The summed E-state index contributed by atoms with van der Waals surface area (Å²) in [5.74, 6) is 0.906. The number of nitrogens with zero attached hydrogens (tertiary/aromatic N) is 5. The van der Waals surface area contributed by atoms with E-state index in [1.807, 2.05) is 22.9 Å². The van der Waals surface area contributed by atoms with Gasteiger partial charge in [0.2, 0.25) is 0 Å². The molecule has 20 heavy (non-hydrogen) atoms. The summed E-state index contributed by atoms with van der Waals surface area (Å²) in [4.78, 5) is 2.33. The Morgan fingerprint density at radius 2 is 2.10 bits per heavy atom. The van der Waals surface area contributed by atoms with E-state index >= 15 is 0 Å². The first-order valence-corrected chi connectivity index (χ1v) is 6.94. The zero-order valence-electron chi connectivity index (χ0n) is 11.6. The highest BCUT2D eigenvalue weighted by Gasteiger charge is 2.19. The van der Waals surface area contributed by atoms with E-state index < -0.39 is 0 Å². The first-order chi connectivity index (χ1) is 9.81. The van der Waals surface area contributed by atoms with Gasteiger partial charge in [-0.3, -0.25) is 4.90 Å². The molecule has 1 aliphatic heterocycles. The van der Waals surface area contributed by atoms with Crippen LogP contribution < -0.4 is 0 Å². The average molecular weight is 273 g/mol. The lowest BCUT2D eigenvalue weighted by Gasteiger charge is -2.30. The second kappa shape index (κ2) is 6.11. The molecule has 6 nitrogen and oxygen atoms in total. The van der Waals surface area contributed by atoms with Crippen molar-refractivity contribution in [3.8, 4) is 0 Å². The molecule has 1 aromatic heterocycles. The zero-order chi connectivity index (χ0) is 13.8. The molecule has 6 heteroatoms. The van der Waals surface area contributed by atoms with Gasteiger partial charge in [-0.05, 0) is 22.9 Å². The molecule has 2 heterocycles. The van der Waals surface area contributed by atoms with Crippen molar-refractivity contribution in [2.75, 3.05) is 19.7 Å². The van der Waals surface area contributed by atoms with Crippen molar-refractivity contribution >= 4 is 0 Å². The number of ether oxygens (including phenoxy) is 1. The van der Waals surface area contributed by atoms with Crippen LogP contribution in [0.3, 0.4) is 0 Å². The fraction of sp³-hybridized carbons (Fsp3) is 0.500. The molecular weight excluding hydrogens is 254 g/mol. The van der Waals surface area contributed by atoms with E-state index in [1.165, 1.54) is 5.56 Å². The van der Waals surface area contributed by atoms with Crippen molar-refractivity contribution in [1.82, 2.24) is 25.1 Å². The zero-order valence-corrected chi connectivity index (χ0v) is 11.6. The molecular formula is C14H19N5O. The smallest absolute Gasteiger partial charge is 0.165 e. The van der Waals surface area contributed by atoms with E-state index in [-0.39, 0.29) is 6.10 Å². The summed E-state index contributed by atoms with van der Waals surface area (Å²) in [6.07, 6.45) is 0.280. The van der Waals surface area contributed by atoms with Gasteiger partial charge in [-0.1, -0.05) is 30.3 Å². The standard InChI is InChI=1S/C14H19N5O/c1-12-9-18(7-8-20-12)11-14-15-16-17-19(14)10-13-5-3-2-4-6-13/h2-6,12H,7-11H2,1H3/t12-/m1/s1. The van der Waals surface area contributed by atoms with Crippen LogP contribution in [0, 0.1) is 0 Å². The number of aromatic nitrogens is 4. The minimum absolute atomic E-state index is 0.280. The molecule has 1 saturated heterocycles. The highest BCUT2D eigenvalue weighted by Crippen LogP contribution is 2.09. The van der Waals surface area contributed by atoms with E-state index in [2.05, 4.69) is 39.5 Å². The predicted octanol–water partition coefficient (Wildman–Crippen LogP) is 0.942.